The van der Waals surface area contributed by atoms with Crippen molar-refractivity contribution in [1.29, 1.82) is 0 Å². The topological polar surface area (TPSA) is 156 Å². The lowest BCUT2D eigenvalue weighted by atomic mass is 10.0. The summed E-state index contributed by atoms with van der Waals surface area (Å²) in [6.07, 6.45) is -0.237. The summed E-state index contributed by atoms with van der Waals surface area (Å²) in [6, 6.07) is -2.16. The lowest BCUT2D eigenvalue weighted by Gasteiger charge is -2.20. The third kappa shape index (κ3) is 7.88. The Labute approximate surface area is 121 Å². The van der Waals surface area contributed by atoms with Crippen LogP contribution in [0.4, 0.5) is 0 Å². The third-order valence-electron chi connectivity index (χ3n) is 2.57. The van der Waals surface area contributed by atoms with E-state index in [4.69, 9.17) is 15.9 Å². The van der Waals surface area contributed by atoms with Crippen molar-refractivity contribution in [2.75, 3.05) is 6.61 Å². The fourth-order valence-electron chi connectivity index (χ4n) is 1.38. The molecule has 2 atom stereocenters. The van der Waals surface area contributed by atoms with Crippen LogP contribution in [0.1, 0.15) is 26.7 Å². The molecule has 21 heavy (non-hydrogen) atoms. The van der Waals surface area contributed by atoms with E-state index in [1.165, 1.54) is 0 Å². The maximum Gasteiger partial charge on any atom is 0.341 e. The maximum atomic E-state index is 11.7. The molecule has 0 radical (unpaired) electrons. The zero-order valence-electron chi connectivity index (χ0n) is 11.9. The second-order valence-corrected chi connectivity index (χ2v) is 4.77. The van der Waals surface area contributed by atoms with E-state index in [0.717, 1.165) is 0 Å². The van der Waals surface area contributed by atoms with Crippen LogP contribution in [-0.2, 0) is 23.9 Å². The van der Waals surface area contributed by atoms with Crippen molar-refractivity contribution in [2.24, 2.45) is 11.7 Å². The summed E-state index contributed by atoms with van der Waals surface area (Å²) in [5.74, 6) is -4.25. The van der Waals surface area contributed by atoms with Gasteiger partial charge < -0.3 is 26.0 Å². The van der Waals surface area contributed by atoms with Crippen LogP contribution in [0.2, 0.25) is 0 Å². The molecule has 0 unspecified atom stereocenters. The molecule has 0 aliphatic carbocycles. The molecule has 0 aliphatic rings. The normalized spacial score (nSPS) is 13.3. The predicted molar refractivity (Wildman–Crippen MR) is 70.2 cm³/mol. The molecule has 0 heterocycles. The van der Waals surface area contributed by atoms with Gasteiger partial charge in [-0.3, -0.25) is 9.59 Å². The largest absolute Gasteiger partial charge is 0.480 e. The van der Waals surface area contributed by atoms with E-state index < -0.39 is 42.5 Å². The number of amides is 1. The summed E-state index contributed by atoms with van der Waals surface area (Å²) in [6.45, 7) is 2.51. The van der Waals surface area contributed by atoms with Crippen molar-refractivity contribution in [3.05, 3.63) is 0 Å². The third-order valence-corrected chi connectivity index (χ3v) is 2.57. The van der Waals surface area contributed by atoms with Crippen molar-refractivity contribution < 1.29 is 34.1 Å². The number of ether oxygens (including phenoxy) is 1. The van der Waals surface area contributed by atoms with E-state index in [0.29, 0.717) is 0 Å². The van der Waals surface area contributed by atoms with Gasteiger partial charge in [0.25, 0.3) is 0 Å². The van der Waals surface area contributed by atoms with Gasteiger partial charge in [0.2, 0.25) is 5.91 Å². The molecular formula is C12H20N2O7. The summed E-state index contributed by atoms with van der Waals surface area (Å²) in [4.78, 5) is 44.1. The number of carboxylic acids is 2. The minimum Gasteiger partial charge on any atom is -0.480 e. The van der Waals surface area contributed by atoms with Crippen LogP contribution in [0, 0.1) is 5.92 Å². The summed E-state index contributed by atoms with van der Waals surface area (Å²) >= 11 is 0. The standard InChI is InChI=1S/C12H20N2O7/c1-6(2)10(12(20)21-5-9(16)17)14-8(15)4-3-7(13)11(18)19/h6-7,10H,3-5,13H2,1-2H3,(H,14,15)(H,16,17)(H,18,19)/t7-,10-/m0/s1. The van der Waals surface area contributed by atoms with Crippen LogP contribution in [0.5, 0.6) is 0 Å². The first-order valence-electron chi connectivity index (χ1n) is 6.31. The van der Waals surface area contributed by atoms with Gasteiger partial charge in [-0.2, -0.15) is 0 Å². The minimum absolute atomic E-state index is 0.0733. The van der Waals surface area contributed by atoms with E-state index in [-0.39, 0.29) is 18.8 Å². The molecule has 0 fully saturated rings. The van der Waals surface area contributed by atoms with Crippen LogP contribution >= 0.6 is 0 Å². The highest BCUT2D eigenvalue weighted by Gasteiger charge is 2.26. The highest BCUT2D eigenvalue weighted by atomic mass is 16.6. The van der Waals surface area contributed by atoms with Gasteiger partial charge in [-0.05, 0) is 12.3 Å². The molecule has 0 aromatic carbocycles. The molecule has 120 valence electrons. The fourth-order valence-corrected chi connectivity index (χ4v) is 1.38. The van der Waals surface area contributed by atoms with Crippen molar-refractivity contribution in [1.82, 2.24) is 5.32 Å². The Morgan fingerprint density at radius 3 is 2.19 bits per heavy atom. The van der Waals surface area contributed by atoms with Crippen LogP contribution in [0.15, 0.2) is 0 Å². The molecule has 5 N–H and O–H groups in total. The van der Waals surface area contributed by atoms with Crippen LogP contribution < -0.4 is 11.1 Å². The number of nitrogens with two attached hydrogens (primary N) is 1. The van der Waals surface area contributed by atoms with E-state index in [2.05, 4.69) is 10.1 Å². The number of nitrogens with one attached hydrogen (secondary N) is 1. The number of carbonyl (C=O) groups is 4. The SMILES string of the molecule is CC(C)[C@H](NC(=O)CC[C@H](N)C(=O)O)C(=O)OCC(=O)O. The van der Waals surface area contributed by atoms with Gasteiger partial charge in [0.15, 0.2) is 6.61 Å². The number of hydrogen-bond donors (Lipinski definition) is 4. The number of aliphatic carboxylic acids is 2. The highest BCUT2D eigenvalue weighted by Crippen LogP contribution is 2.05. The Morgan fingerprint density at radius 2 is 1.76 bits per heavy atom. The molecule has 0 saturated carbocycles. The Hall–Kier alpha value is -2.16. The predicted octanol–water partition coefficient (Wildman–Crippen LogP) is -1.05. The molecule has 1 amide bonds. The van der Waals surface area contributed by atoms with E-state index >= 15 is 0 Å². The fraction of sp³-hybridized carbons (Fsp3) is 0.667. The van der Waals surface area contributed by atoms with E-state index in [9.17, 15) is 19.2 Å². The summed E-state index contributed by atoms with van der Waals surface area (Å²) in [5.41, 5.74) is 5.26. The minimum atomic E-state index is -1.30. The molecule has 0 aromatic heterocycles. The van der Waals surface area contributed by atoms with Gasteiger partial charge in [0.05, 0.1) is 0 Å². The summed E-state index contributed by atoms with van der Waals surface area (Å²) in [7, 11) is 0. The van der Waals surface area contributed by atoms with Crippen LogP contribution in [-0.4, -0.2) is 52.7 Å². The smallest absolute Gasteiger partial charge is 0.341 e. The van der Waals surface area contributed by atoms with E-state index in [1.807, 2.05) is 0 Å². The molecule has 0 bridgehead atoms. The second kappa shape index (κ2) is 8.90. The number of rotatable bonds is 9. The molecule has 0 saturated heterocycles. The Balaban J connectivity index is 4.43. The number of esters is 1. The second-order valence-electron chi connectivity index (χ2n) is 4.77. The molecule has 9 heteroatoms. The zero-order valence-corrected chi connectivity index (χ0v) is 11.9. The lowest BCUT2D eigenvalue weighted by molar-refractivity contribution is -0.158. The van der Waals surface area contributed by atoms with Gasteiger partial charge >= 0.3 is 17.9 Å². The Morgan fingerprint density at radius 1 is 1.19 bits per heavy atom. The van der Waals surface area contributed by atoms with E-state index in [1.54, 1.807) is 13.8 Å². The van der Waals surface area contributed by atoms with Crippen LogP contribution in [0.3, 0.4) is 0 Å². The van der Waals surface area contributed by atoms with Crippen molar-refractivity contribution in [2.45, 2.75) is 38.8 Å². The zero-order chi connectivity index (χ0) is 16.6. The lowest BCUT2D eigenvalue weighted by Crippen LogP contribution is -2.46. The molecule has 0 aliphatic heterocycles. The summed E-state index contributed by atoms with van der Waals surface area (Å²) in [5, 5.41) is 19.4. The van der Waals surface area contributed by atoms with Gasteiger partial charge in [0, 0.05) is 6.42 Å². The van der Waals surface area contributed by atoms with Gasteiger partial charge in [-0.25, -0.2) is 9.59 Å². The average molecular weight is 304 g/mol. The molecule has 0 aromatic rings. The number of carboxylic acid groups (broad SMARTS) is 2. The van der Waals surface area contributed by atoms with Crippen LogP contribution in [0.25, 0.3) is 0 Å². The average Bonchev–Trinajstić information content (AvgIpc) is 2.38. The van der Waals surface area contributed by atoms with Gasteiger partial charge in [-0.15, -0.1) is 0 Å². The molecular weight excluding hydrogens is 284 g/mol. The number of carbonyl (C=O) groups excluding carboxylic acids is 2. The Bertz CT molecular complexity index is 408. The van der Waals surface area contributed by atoms with Gasteiger partial charge in [0.1, 0.15) is 12.1 Å². The highest BCUT2D eigenvalue weighted by molar-refractivity contribution is 5.86. The number of hydrogen-bond acceptors (Lipinski definition) is 6. The first-order chi connectivity index (χ1) is 9.65. The quantitative estimate of drug-likeness (QED) is 0.393. The van der Waals surface area contributed by atoms with Crippen molar-refractivity contribution in [3.63, 3.8) is 0 Å². The maximum absolute atomic E-state index is 11.7. The first-order valence-corrected chi connectivity index (χ1v) is 6.31. The summed E-state index contributed by atoms with van der Waals surface area (Å²) < 4.78 is 4.52. The van der Waals surface area contributed by atoms with Crippen molar-refractivity contribution in [3.8, 4) is 0 Å². The first kappa shape index (κ1) is 18.8. The molecule has 0 spiro atoms. The van der Waals surface area contributed by atoms with Crippen molar-refractivity contribution >= 4 is 23.8 Å². The monoisotopic (exact) mass is 304 g/mol. The van der Waals surface area contributed by atoms with Gasteiger partial charge in [-0.1, -0.05) is 13.8 Å². The molecule has 9 nitrogen and oxygen atoms in total. The molecule has 0 rings (SSSR count). The Kier molecular flexibility index (Phi) is 7.99.